The molecule has 19 heavy (non-hydrogen) atoms. The van der Waals surface area contributed by atoms with Gasteiger partial charge in [-0.1, -0.05) is 32.1 Å². The number of nitrogens with one attached hydrogen (secondary N) is 1. The molecule has 1 aromatic carbocycles. The van der Waals surface area contributed by atoms with Gasteiger partial charge in [0.25, 0.3) is 0 Å². The number of anilines is 1. The first-order chi connectivity index (χ1) is 8.93. The Balaban J connectivity index is 2.35. The first kappa shape index (κ1) is 13.9. The van der Waals surface area contributed by atoms with Crippen LogP contribution in [0.2, 0.25) is 0 Å². The topological polar surface area (TPSA) is 29.1 Å². The summed E-state index contributed by atoms with van der Waals surface area (Å²) in [4.78, 5) is 11.4. The van der Waals surface area contributed by atoms with Gasteiger partial charge in [0.2, 0.25) is 0 Å². The molecule has 0 saturated heterocycles. The molecule has 0 aromatic heterocycles. The van der Waals surface area contributed by atoms with Crippen LogP contribution in [0.4, 0.5) is 5.69 Å². The zero-order valence-corrected chi connectivity index (χ0v) is 12.3. The maximum atomic E-state index is 11.4. The van der Waals surface area contributed by atoms with Gasteiger partial charge in [-0.2, -0.15) is 0 Å². The minimum atomic E-state index is 0.113. The fourth-order valence-electron chi connectivity index (χ4n) is 2.57. The molecule has 1 N–H and O–H groups in total. The number of Topliss-reactive ketones (excluding diaryl/α,β-unsaturated/α-hetero) is 1. The van der Waals surface area contributed by atoms with Crippen LogP contribution in [0.1, 0.15) is 56.0 Å². The quantitative estimate of drug-likeness (QED) is 0.806. The predicted octanol–water partition coefficient (Wildman–Crippen LogP) is 4.52. The molecule has 2 rings (SSSR count). The van der Waals surface area contributed by atoms with Crippen molar-refractivity contribution < 1.29 is 4.79 Å². The van der Waals surface area contributed by atoms with Crippen LogP contribution in [0, 0.1) is 5.41 Å². The van der Waals surface area contributed by atoms with E-state index < -0.39 is 0 Å². The Hall–Kier alpha value is -1.57. The van der Waals surface area contributed by atoms with Crippen molar-refractivity contribution in [2.24, 2.45) is 5.41 Å². The molecule has 1 aromatic rings. The molecule has 0 heterocycles. The van der Waals surface area contributed by atoms with E-state index in [0.29, 0.717) is 5.41 Å². The van der Waals surface area contributed by atoms with Gasteiger partial charge in [-0.05, 0) is 43.2 Å². The average molecular weight is 257 g/mol. The van der Waals surface area contributed by atoms with Crippen LogP contribution in [-0.4, -0.2) is 12.8 Å². The molecule has 0 aliphatic heterocycles. The molecule has 0 fully saturated rings. The lowest BCUT2D eigenvalue weighted by atomic mass is 9.77. The van der Waals surface area contributed by atoms with Gasteiger partial charge in [0.05, 0.1) is 0 Å². The van der Waals surface area contributed by atoms with Crippen molar-refractivity contribution in [2.45, 2.75) is 40.0 Å². The van der Waals surface area contributed by atoms with Crippen LogP contribution in [0.5, 0.6) is 0 Å². The summed E-state index contributed by atoms with van der Waals surface area (Å²) in [5.41, 5.74) is 4.88. The highest BCUT2D eigenvalue weighted by atomic mass is 16.1. The summed E-state index contributed by atoms with van der Waals surface area (Å²) in [6, 6.07) is 5.96. The Morgan fingerprint density at radius 3 is 2.58 bits per heavy atom. The molecule has 1 aliphatic carbocycles. The predicted molar refractivity (Wildman–Crippen MR) is 81.6 cm³/mol. The minimum Gasteiger partial charge on any atom is -0.388 e. The summed E-state index contributed by atoms with van der Waals surface area (Å²) in [5, 5.41) is 3.22. The molecule has 0 bridgehead atoms. The lowest BCUT2D eigenvalue weighted by Crippen LogP contribution is -2.14. The van der Waals surface area contributed by atoms with E-state index in [0.717, 1.165) is 24.1 Å². The summed E-state index contributed by atoms with van der Waals surface area (Å²) in [6.45, 7) is 6.24. The van der Waals surface area contributed by atoms with Gasteiger partial charge in [0.15, 0.2) is 5.78 Å². The molecule has 102 valence electrons. The number of ketones is 1. The van der Waals surface area contributed by atoms with Crippen LogP contribution in [0.25, 0.3) is 5.57 Å². The number of allylic oxidation sites excluding steroid dienone is 2. The smallest absolute Gasteiger partial charge is 0.159 e. The van der Waals surface area contributed by atoms with E-state index in [4.69, 9.17) is 0 Å². The van der Waals surface area contributed by atoms with Gasteiger partial charge in [0, 0.05) is 23.9 Å². The lowest BCUT2D eigenvalue weighted by Gasteiger charge is -2.29. The zero-order valence-electron chi connectivity index (χ0n) is 12.3. The zero-order chi connectivity index (χ0) is 14.0. The van der Waals surface area contributed by atoms with Crippen molar-refractivity contribution in [3.8, 4) is 0 Å². The number of hydrogen-bond acceptors (Lipinski definition) is 2. The molecular weight excluding hydrogens is 234 g/mol. The molecule has 0 unspecified atom stereocenters. The third-order valence-electron chi connectivity index (χ3n) is 4.01. The highest BCUT2D eigenvalue weighted by molar-refractivity contribution is 5.96. The lowest BCUT2D eigenvalue weighted by molar-refractivity contribution is 0.101. The number of rotatable bonds is 3. The van der Waals surface area contributed by atoms with Crippen molar-refractivity contribution in [2.75, 3.05) is 12.4 Å². The van der Waals surface area contributed by atoms with Crippen LogP contribution in [0.3, 0.4) is 0 Å². The van der Waals surface area contributed by atoms with Gasteiger partial charge in [-0.25, -0.2) is 0 Å². The van der Waals surface area contributed by atoms with Crippen LogP contribution >= 0.6 is 0 Å². The average Bonchev–Trinajstić information content (AvgIpc) is 2.38. The Morgan fingerprint density at radius 2 is 2.05 bits per heavy atom. The van der Waals surface area contributed by atoms with Crippen LogP contribution in [0.15, 0.2) is 24.3 Å². The molecule has 2 nitrogen and oxygen atoms in total. The second-order valence-electron chi connectivity index (χ2n) is 6.16. The number of benzene rings is 1. The second-order valence-corrected chi connectivity index (χ2v) is 6.16. The summed E-state index contributed by atoms with van der Waals surface area (Å²) in [7, 11) is 1.91. The van der Waals surface area contributed by atoms with E-state index in [2.05, 4.69) is 31.3 Å². The summed E-state index contributed by atoms with van der Waals surface area (Å²) in [6.07, 6.45) is 5.81. The Kier molecular flexibility index (Phi) is 3.79. The maximum absolute atomic E-state index is 11.4. The fourth-order valence-corrected chi connectivity index (χ4v) is 2.57. The highest BCUT2D eigenvalue weighted by Crippen LogP contribution is 2.39. The fraction of sp³-hybridized carbons (Fsp3) is 0.471. The van der Waals surface area contributed by atoms with Crippen molar-refractivity contribution in [1.82, 2.24) is 0 Å². The standard InChI is InChI=1S/C17H23NO/c1-12(19)14-5-6-15(16(11-14)18-4)13-7-9-17(2,3)10-8-13/h5-7,11,18H,8-10H2,1-4H3. The monoisotopic (exact) mass is 257 g/mol. The van der Waals surface area contributed by atoms with Crippen molar-refractivity contribution in [3.63, 3.8) is 0 Å². The van der Waals surface area contributed by atoms with E-state index in [9.17, 15) is 4.79 Å². The van der Waals surface area contributed by atoms with Gasteiger partial charge < -0.3 is 5.32 Å². The van der Waals surface area contributed by atoms with E-state index in [1.807, 2.05) is 19.2 Å². The van der Waals surface area contributed by atoms with Crippen molar-refractivity contribution in [3.05, 3.63) is 35.4 Å². The van der Waals surface area contributed by atoms with E-state index in [1.165, 1.54) is 17.6 Å². The molecule has 0 amide bonds. The molecule has 1 aliphatic rings. The summed E-state index contributed by atoms with van der Waals surface area (Å²) in [5.74, 6) is 0.113. The van der Waals surface area contributed by atoms with Gasteiger partial charge >= 0.3 is 0 Å². The molecule has 0 atom stereocenters. The van der Waals surface area contributed by atoms with Crippen molar-refractivity contribution in [1.29, 1.82) is 0 Å². The van der Waals surface area contributed by atoms with Gasteiger partial charge in [-0.15, -0.1) is 0 Å². The van der Waals surface area contributed by atoms with E-state index in [-0.39, 0.29) is 5.78 Å². The van der Waals surface area contributed by atoms with E-state index >= 15 is 0 Å². The molecular formula is C17H23NO. The molecule has 2 heteroatoms. The maximum Gasteiger partial charge on any atom is 0.159 e. The molecule has 0 saturated carbocycles. The van der Waals surface area contributed by atoms with Gasteiger partial charge in [0.1, 0.15) is 0 Å². The Labute approximate surface area is 115 Å². The largest absolute Gasteiger partial charge is 0.388 e. The van der Waals surface area contributed by atoms with Crippen LogP contribution < -0.4 is 5.32 Å². The SMILES string of the molecule is CNc1cc(C(C)=O)ccc1C1=CCC(C)(C)CC1. The highest BCUT2D eigenvalue weighted by Gasteiger charge is 2.22. The summed E-state index contributed by atoms with van der Waals surface area (Å²) >= 11 is 0. The van der Waals surface area contributed by atoms with Crippen LogP contribution in [-0.2, 0) is 0 Å². The normalized spacial score (nSPS) is 17.8. The third kappa shape index (κ3) is 3.06. The first-order valence-electron chi connectivity index (χ1n) is 6.95. The second kappa shape index (κ2) is 5.20. The minimum absolute atomic E-state index is 0.113. The Morgan fingerprint density at radius 1 is 1.32 bits per heavy atom. The Bertz CT molecular complexity index is 526. The van der Waals surface area contributed by atoms with E-state index in [1.54, 1.807) is 6.92 Å². The summed E-state index contributed by atoms with van der Waals surface area (Å²) < 4.78 is 0. The van der Waals surface area contributed by atoms with Gasteiger partial charge in [-0.3, -0.25) is 4.79 Å². The molecule has 0 spiro atoms. The number of carbonyl (C=O) groups excluding carboxylic acids is 1. The number of hydrogen-bond donors (Lipinski definition) is 1. The first-order valence-corrected chi connectivity index (χ1v) is 6.95. The van der Waals surface area contributed by atoms with Crippen molar-refractivity contribution >= 4 is 17.0 Å². The third-order valence-corrected chi connectivity index (χ3v) is 4.01. The number of carbonyl (C=O) groups is 1. The molecule has 0 radical (unpaired) electrons.